The quantitative estimate of drug-likeness (QED) is 0.0652. The number of amides is 11. The molecule has 1 rings (SSSR count). The zero-order valence-corrected chi connectivity index (χ0v) is 59.0. The smallest absolute Gasteiger partial charge is 0.246 e. The molecule has 0 spiro atoms. The fraction of sp³-hybridized carbons (Fsp3) is 0.797. The molecule has 13 atom stereocenters. The molecule has 91 heavy (non-hydrogen) atoms. The van der Waals surface area contributed by atoms with E-state index in [1.807, 2.05) is 41.5 Å². The van der Waals surface area contributed by atoms with E-state index in [1.165, 1.54) is 98.7 Å². The van der Waals surface area contributed by atoms with Crippen molar-refractivity contribution in [3.8, 4) is 0 Å². The third-order valence-corrected chi connectivity index (χ3v) is 17.0. The Balaban J connectivity index is 4.54. The van der Waals surface area contributed by atoms with Crippen molar-refractivity contribution < 1.29 is 67.9 Å². The van der Waals surface area contributed by atoms with Gasteiger partial charge in [-0.05, 0) is 102 Å². The van der Waals surface area contributed by atoms with E-state index in [0.717, 1.165) is 19.6 Å². The van der Waals surface area contributed by atoms with E-state index in [2.05, 4.69) is 21.3 Å². The van der Waals surface area contributed by atoms with E-state index in [9.17, 15) is 53.9 Å². The lowest BCUT2D eigenvalue weighted by atomic mass is 9.91. The number of carbonyl (C=O) groups is 11. The maximum atomic E-state index is 15.2. The fourth-order valence-electron chi connectivity index (χ4n) is 11.3. The molecule has 0 aromatic heterocycles. The summed E-state index contributed by atoms with van der Waals surface area (Å²) in [4.78, 5) is 181. The molecule has 1 heterocycles. The normalized spacial score (nSPS) is 26.8. The van der Waals surface area contributed by atoms with E-state index < -0.39 is 185 Å². The lowest BCUT2D eigenvalue weighted by molar-refractivity contribution is -0.481. The van der Waals surface area contributed by atoms with Crippen molar-refractivity contribution in [3.05, 3.63) is 22.3 Å². The SMILES string of the molecule is CC=CC[C@@H](C)[C@@H](O)[C@H]1C(=O)N[C@@H](CC)C(=O)N(C)[C@@H](CC[N+](=O)[O-])C(=O)N(C)[C@@H](CC(C)(C)O)C(=O)N[C@@H](C(C)C)C(=O)N(C)[C@@H](CC(C)C)C(=O)N[C@@H](C)C(=O)N[C@H](C)C(=O)N(C)[C@@H](CC(C)C)C(=O)N(C)[C@@H](CC(C)C)C(=O)N(C)[C@@H](C(C)C)C(=O)N1C. The monoisotopic (exact) mass is 1290 g/mol. The van der Waals surface area contributed by atoms with E-state index >= 15 is 19.2 Å². The van der Waals surface area contributed by atoms with Crippen molar-refractivity contribution in [1.82, 2.24) is 55.6 Å². The van der Waals surface area contributed by atoms with Gasteiger partial charge in [-0.1, -0.05) is 95.2 Å². The predicted octanol–water partition coefficient (Wildman–Crippen LogP) is 2.42. The number of aliphatic hydroxyl groups excluding tert-OH is 1. The van der Waals surface area contributed by atoms with Gasteiger partial charge in [0.2, 0.25) is 71.5 Å². The van der Waals surface area contributed by atoms with Gasteiger partial charge in [-0.15, -0.1) is 0 Å². The molecule has 0 bridgehead atoms. The van der Waals surface area contributed by atoms with Crippen molar-refractivity contribution in [2.75, 3.05) is 55.9 Å². The lowest BCUT2D eigenvalue weighted by Gasteiger charge is -2.41. The van der Waals surface area contributed by atoms with Crippen LogP contribution in [0.3, 0.4) is 0 Å². The standard InChI is InChI=1S/C64H114N12O15/c1-25-27-28-40(13)52(77)51-56(81)67-43(26-2)58(83)69(18)44(29-30-76(90)91)59(84)73(22)48(34-64(16,17)89)55(80)68-49(38(9)10)62(87)70(19)45(31-35(3)4)54(79)65-41(14)53(78)66-42(15)57(82)71(20)46(32-36(5)6)60(85)72(21)47(33-37(7)8)61(86)74(23)50(39(11)12)63(88)75(51)24/h25,27,35-52,77,89H,26,28-34H2,1-24H3,(H,65,79)(H,66,78)(H,67,81)(H,68,80)/t40-,41+,42-,43+,44+,45+,46+,47+,48+,49+,50+,51+,52-/m1/s1. The predicted molar refractivity (Wildman–Crippen MR) is 345 cm³/mol. The first-order chi connectivity index (χ1) is 41.8. The number of aliphatic hydroxyl groups is 2. The van der Waals surface area contributed by atoms with Crippen LogP contribution in [0.2, 0.25) is 0 Å². The third-order valence-electron chi connectivity index (χ3n) is 17.0. The summed E-state index contributed by atoms with van der Waals surface area (Å²) < 4.78 is 0. The average Bonchev–Trinajstić information content (AvgIpc) is 0.888. The van der Waals surface area contributed by atoms with E-state index in [4.69, 9.17) is 0 Å². The number of nitrogens with zero attached hydrogens (tertiary/aromatic N) is 8. The zero-order valence-electron chi connectivity index (χ0n) is 59.0. The average molecular weight is 1290 g/mol. The Morgan fingerprint density at radius 2 is 0.934 bits per heavy atom. The van der Waals surface area contributed by atoms with Gasteiger partial charge in [0.15, 0.2) is 0 Å². The van der Waals surface area contributed by atoms with Crippen LogP contribution >= 0.6 is 0 Å². The summed E-state index contributed by atoms with van der Waals surface area (Å²) in [6, 6.07) is -15.5. The second-order valence-corrected chi connectivity index (χ2v) is 27.5. The Labute approximate surface area is 541 Å². The minimum absolute atomic E-state index is 0.0749. The molecule has 0 saturated carbocycles. The molecule has 0 aromatic carbocycles. The number of allylic oxidation sites excluding steroid dienone is 2. The maximum Gasteiger partial charge on any atom is 0.246 e. The van der Waals surface area contributed by atoms with Crippen LogP contribution in [0.1, 0.15) is 163 Å². The molecule has 1 aliphatic heterocycles. The van der Waals surface area contributed by atoms with Crippen molar-refractivity contribution in [3.63, 3.8) is 0 Å². The highest BCUT2D eigenvalue weighted by molar-refractivity contribution is 6.00. The maximum absolute atomic E-state index is 15.2. The Morgan fingerprint density at radius 1 is 0.516 bits per heavy atom. The molecule has 0 aromatic rings. The molecular weight excluding hydrogens is 1180 g/mol. The molecule has 1 aliphatic rings. The molecular formula is C64H114N12O15. The largest absolute Gasteiger partial charge is 0.390 e. The van der Waals surface area contributed by atoms with Crippen LogP contribution < -0.4 is 21.3 Å². The van der Waals surface area contributed by atoms with E-state index in [1.54, 1.807) is 53.7 Å². The third kappa shape index (κ3) is 23.4. The Kier molecular flexibility index (Phi) is 33.0. The molecule has 0 radical (unpaired) electrons. The molecule has 27 nitrogen and oxygen atoms in total. The Morgan fingerprint density at radius 3 is 1.38 bits per heavy atom. The highest BCUT2D eigenvalue weighted by Crippen LogP contribution is 2.26. The summed E-state index contributed by atoms with van der Waals surface area (Å²) in [7, 11) is 9.26. The van der Waals surface area contributed by atoms with Crippen LogP contribution in [-0.4, -0.2) is 248 Å². The topological polar surface area (TPSA) is 342 Å². The van der Waals surface area contributed by atoms with Gasteiger partial charge in [0.1, 0.15) is 66.5 Å². The van der Waals surface area contributed by atoms with Crippen molar-refractivity contribution in [2.45, 2.75) is 241 Å². The van der Waals surface area contributed by atoms with E-state index in [-0.39, 0.29) is 49.9 Å². The van der Waals surface area contributed by atoms with Gasteiger partial charge in [0.05, 0.1) is 11.7 Å². The summed E-state index contributed by atoms with van der Waals surface area (Å²) in [6.45, 7) is 27.3. The van der Waals surface area contributed by atoms with Gasteiger partial charge < -0.3 is 65.8 Å². The lowest BCUT2D eigenvalue weighted by Crippen LogP contribution is -2.64. The van der Waals surface area contributed by atoms with Crippen molar-refractivity contribution in [1.29, 1.82) is 0 Å². The molecule has 0 aliphatic carbocycles. The minimum atomic E-state index is -1.74. The summed E-state index contributed by atoms with van der Waals surface area (Å²) in [6.07, 6.45) is 1.21. The minimum Gasteiger partial charge on any atom is -0.390 e. The first-order valence-corrected chi connectivity index (χ1v) is 32.0. The van der Waals surface area contributed by atoms with Crippen LogP contribution in [0, 0.1) is 45.6 Å². The molecule has 27 heteroatoms. The first-order valence-electron chi connectivity index (χ1n) is 32.0. The van der Waals surface area contributed by atoms with Crippen LogP contribution in [0.25, 0.3) is 0 Å². The molecule has 1 fully saturated rings. The Bertz CT molecular complexity index is 2550. The number of hydrogen-bond acceptors (Lipinski definition) is 15. The first kappa shape index (κ1) is 82.2. The number of rotatable bonds is 18. The van der Waals surface area contributed by atoms with Gasteiger partial charge in [-0.2, -0.15) is 0 Å². The Hall–Kier alpha value is -6.77. The van der Waals surface area contributed by atoms with Gasteiger partial charge in [-0.25, -0.2) is 0 Å². The van der Waals surface area contributed by atoms with Gasteiger partial charge in [-0.3, -0.25) is 62.9 Å². The molecule has 11 amide bonds. The summed E-state index contributed by atoms with van der Waals surface area (Å²) >= 11 is 0. The number of hydrogen-bond donors (Lipinski definition) is 6. The fourth-order valence-corrected chi connectivity index (χ4v) is 11.3. The van der Waals surface area contributed by atoms with Crippen LogP contribution in [0.4, 0.5) is 0 Å². The second kappa shape index (κ2) is 36.5. The molecule has 6 N–H and O–H groups in total. The zero-order chi connectivity index (χ0) is 70.8. The highest BCUT2D eigenvalue weighted by Gasteiger charge is 2.47. The second-order valence-electron chi connectivity index (χ2n) is 27.5. The number of nitrogens with one attached hydrogen (secondary N) is 4. The highest BCUT2D eigenvalue weighted by atomic mass is 16.6. The number of carbonyl (C=O) groups excluding carboxylic acids is 11. The number of likely N-dealkylation sites (N-methyl/N-ethyl adjacent to an activating group) is 7. The summed E-state index contributed by atoms with van der Waals surface area (Å²) in [5.74, 6) is -11.6. The number of nitro groups is 1. The summed E-state index contributed by atoms with van der Waals surface area (Å²) in [5.41, 5.74) is -1.68. The van der Waals surface area contributed by atoms with Gasteiger partial charge >= 0.3 is 0 Å². The van der Waals surface area contributed by atoms with Crippen LogP contribution in [-0.2, 0) is 52.7 Å². The van der Waals surface area contributed by atoms with Crippen LogP contribution in [0.5, 0.6) is 0 Å². The molecule has 1 saturated heterocycles. The molecule has 520 valence electrons. The van der Waals surface area contributed by atoms with Crippen molar-refractivity contribution >= 4 is 65.0 Å². The summed E-state index contributed by atoms with van der Waals surface area (Å²) in [5, 5.41) is 46.1. The van der Waals surface area contributed by atoms with Gasteiger partial charge in [0, 0.05) is 67.1 Å². The molecule has 0 unspecified atom stereocenters. The van der Waals surface area contributed by atoms with Crippen LogP contribution in [0.15, 0.2) is 12.2 Å². The van der Waals surface area contributed by atoms with Crippen molar-refractivity contribution in [2.24, 2.45) is 35.5 Å². The van der Waals surface area contributed by atoms with Gasteiger partial charge in [0.25, 0.3) is 0 Å². The van der Waals surface area contributed by atoms with E-state index in [0.29, 0.717) is 0 Å².